The van der Waals surface area contributed by atoms with Crippen molar-refractivity contribution in [3.63, 3.8) is 0 Å². The Balaban J connectivity index is 2.06. The number of carbonyl (C=O) groups excluding carboxylic acids is 2. The van der Waals surface area contributed by atoms with E-state index in [-0.39, 0.29) is 24.9 Å². The minimum Gasteiger partial charge on any atom is -0.352 e. The van der Waals surface area contributed by atoms with Crippen molar-refractivity contribution in [3.8, 4) is 0 Å². The number of halogens is 1. The van der Waals surface area contributed by atoms with Gasteiger partial charge < -0.3 is 10.2 Å². The number of carbonyl (C=O) groups is 2. The first-order valence-electron chi connectivity index (χ1n) is 12.4. The lowest BCUT2D eigenvalue weighted by Crippen LogP contribution is -2.54. The molecule has 0 aliphatic heterocycles. The molecule has 0 fully saturated rings. The van der Waals surface area contributed by atoms with Crippen LogP contribution in [0.3, 0.4) is 0 Å². The Labute approximate surface area is 234 Å². The molecule has 7 nitrogen and oxygen atoms in total. The number of nitrogens with zero attached hydrogens (tertiary/aromatic N) is 2. The maximum Gasteiger partial charge on any atom is 0.244 e. The molecule has 0 aromatic heterocycles. The molecule has 9 heteroatoms. The molecule has 0 bridgehead atoms. The molecule has 3 aromatic rings. The van der Waals surface area contributed by atoms with Gasteiger partial charge in [0.1, 0.15) is 12.6 Å². The zero-order valence-electron chi connectivity index (χ0n) is 22.1. The van der Waals surface area contributed by atoms with Gasteiger partial charge in [-0.05, 0) is 50.1 Å². The first-order valence-corrected chi connectivity index (χ1v) is 15.0. The molecule has 0 aliphatic rings. The van der Waals surface area contributed by atoms with Crippen molar-refractivity contribution >= 4 is 43.5 Å². The quantitative estimate of drug-likeness (QED) is 0.346. The summed E-state index contributed by atoms with van der Waals surface area (Å²) in [7, 11) is -3.80. The van der Waals surface area contributed by atoms with Crippen molar-refractivity contribution in [2.45, 2.75) is 45.8 Å². The third kappa shape index (κ3) is 8.43. The number of hydrogen-bond acceptors (Lipinski definition) is 4. The number of aryl methyl sites for hydroxylation is 1. The highest BCUT2D eigenvalue weighted by Crippen LogP contribution is 2.23. The minimum absolute atomic E-state index is 0.133. The maximum absolute atomic E-state index is 14.0. The lowest BCUT2D eigenvalue weighted by molar-refractivity contribution is -0.140. The molecule has 0 heterocycles. The van der Waals surface area contributed by atoms with Crippen LogP contribution in [0, 0.1) is 6.92 Å². The largest absolute Gasteiger partial charge is 0.352 e. The van der Waals surface area contributed by atoms with Crippen LogP contribution in [-0.2, 0) is 32.6 Å². The van der Waals surface area contributed by atoms with Gasteiger partial charge in [-0.2, -0.15) is 0 Å². The third-order valence-electron chi connectivity index (χ3n) is 5.91. The summed E-state index contributed by atoms with van der Waals surface area (Å²) in [6.07, 6.45) is 1.35. The van der Waals surface area contributed by atoms with Gasteiger partial charge in [0.2, 0.25) is 21.8 Å². The maximum atomic E-state index is 14.0. The van der Waals surface area contributed by atoms with Crippen LogP contribution in [0.1, 0.15) is 30.5 Å². The van der Waals surface area contributed by atoms with Crippen LogP contribution in [0.5, 0.6) is 0 Å². The first-order chi connectivity index (χ1) is 17.9. The van der Waals surface area contributed by atoms with Crippen molar-refractivity contribution in [2.75, 3.05) is 17.1 Å². The molecule has 0 spiro atoms. The van der Waals surface area contributed by atoms with E-state index in [1.165, 1.54) is 4.90 Å². The zero-order chi connectivity index (χ0) is 27.9. The molecular weight excluding hydrogens is 566 g/mol. The van der Waals surface area contributed by atoms with Crippen molar-refractivity contribution in [1.82, 2.24) is 10.2 Å². The summed E-state index contributed by atoms with van der Waals surface area (Å²) in [4.78, 5) is 29.0. The van der Waals surface area contributed by atoms with E-state index >= 15 is 0 Å². The molecule has 3 rings (SSSR count). The number of anilines is 1. The Hall–Kier alpha value is -3.17. The highest BCUT2D eigenvalue weighted by atomic mass is 79.9. The molecule has 0 radical (unpaired) electrons. The van der Waals surface area contributed by atoms with Gasteiger partial charge in [0.15, 0.2) is 0 Å². The van der Waals surface area contributed by atoms with Crippen LogP contribution in [0.2, 0.25) is 0 Å². The molecule has 1 N–H and O–H groups in total. The van der Waals surface area contributed by atoms with Gasteiger partial charge in [0, 0.05) is 23.5 Å². The summed E-state index contributed by atoms with van der Waals surface area (Å²) in [5.41, 5.74) is 3.12. The fraction of sp³-hybridized carbons (Fsp3) is 0.310. The molecule has 1 atom stereocenters. The minimum atomic E-state index is -3.80. The highest BCUT2D eigenvalue weighted by Gasteiger charge is 2.33. The molecule has 3 aromatic carbocycles. The number of sulfonamides is 1. The molecule has 2 amide bonds. The Morgan fingerprint density at radius 1 is 0.921 bits per heavy atom. The summed E-state index contributed by atoms with van der Waals surface area (Å²) in [6.45, 7) is 5.40. The second-order valence-electron chi connectivity index (χ2n) is 9.63. The fourth-order valence-electron chi connectivity index (χ4n) is 4.19. The Kier molecular flexibility index (Phi) is 10.1. The summed E-state index contributed by atoms with van der Waals surface area (Å²) in [5, 5.41) is 2.95. The van der Waals surface area contributed by atoms with Crippen LogP contribution in [0.15, 0.2) is 83.3 Å². The Bertz CT molecular complexity index is 1360. The molecule has 0 aliphatic carbocycles. The predicted octanol–water partition coefficient (Wildman–Crippen LogP) is 4.69. The summed E-state index contributed by atoms with van der Waals surface area (Å²) in [6, 6.07) is 23.0. The normalized spacial score (nSPS) is 12.2. The fourth-order valence-corrected chi connectivity index (χ4v) is 5.42. The molecule has 0 saturated carbocycles. The van der Waals surface area contributed by atoms with Gasteiger partial charge >= 0.3 is 0 Å². The van der Waals surface area contributed by atoms with E-state index < -0.39 is 28.5 Å². The molecule has 1 unspecified atom stereocenters. The average Bonchev–Trinajstić information content (AvgIpc) is 2.84. The summed E-state index contributed by atoms with van der Waals surface area (Å²) >= 11 is 3.38. The smallest absolute Gasteiger partial charge is 0.244 e. The first kappa shape index (κ1) is 29.4. The van der Waals surface area contributed by atoms with E-state index in [1.54, 1.807) is 24.3 Å². The second-order valence-corrected chi connectivity index (χ2v) is 12.5. The average molecular weight is 601 g/mol. The third-order valence-corrected chi connectivity index (χ3v) is 7.55. The SMILES string of the molecule is Cc1cccc(CN(C(=O)CN(c2cccc(Br)c2)S(C)(=O)=O)C(Cc2ccccc2)C(=O)NC(C)C)c1. The molecule has 0 saturated heterocycles. The van der Waals surface area contributed by atoms with Gasteiger partial charge in [0.25, 0.3) is 0 Å². The Morgan fingerprint density at radius 3 is 2.18 bits per heavy atom. The van der Waals surface area contributed by atoms with Gasteiger partial charge in [-0.25, -0.2) is 8.42 Å². The van der Waals surface area contributed by atoms with Gasteiger partial charge in [-0.1, -0.05) is 82.2 Å². The number of rotatable bonds is 11. The standard InChI is InChI=1S/C29H34BrN3O4S/c1-21(2)31-29(35)27(17-23-11-6-5-7-12-23)32(19-24-13-8-10-22(3)16-24)28(34)20-33(38(4,36)37)26-15-9-14-25(30)18-26/h5-16,18,21,27H,17,19-20H2,1-4H3,(H,31,35). The van der Waals surface area contributed by atoms with Crippen molar-refractivity contribution in [2.24, 2.45) is 0 Å². The van der Waals surface area contributed by atoms with Crippen molar-refractivity contribution in [1.29, 1.82) is 0 Å². The Morgan fingerprint density at radius 2 is 1.58 bits per heavy atom. The molecule has 38 heavy (non-hydrogen) atoms. The number of hydrogen-bond donors (Lipinski definition) is 1. The van der Waals surface area contributed by atoms with E-state index in [4.69, 9.17) is 0 Å². The molecule has 202 valence electrons. The van der Waals surface area contributed by atoms with E-state index in [0.29, 0.717) is 10.2 Å². The lowest BCUT2D eigenvalue weighted by atomic mass is 10.0. The van der Waals surface area contributed by atoms with E-state index in [9.17, 15) is 18.0 Å². The van der Waals surface area contributed by atoms with Gasteiger partial charge in [-0.15, -0.1) is 0 Å². The number of amides is 2. The topological polar surface area (TPSA) is 86.8 Å². The summed E-state index contributed by atoms with van der Waals surface area (Å²) in [5.74, 6) is -0.769. The van der Waals surface area contributed by atoms with Crippen LogP contribution < -0.4 is 9.62 Å². The van der Waals surface area contributed by atoms with Crippen LogP contribution >= 0.6 is 15.9 Å². The van der Waals surface area contributed by atoms with Crippen molar-refractivity contribution < 1.29 is 18.0 Å². The van der Waals surface area contributed by atoms with Gasteiger partial charge in [0.05, 0.1) is 11.9 Å². The van der Waals surface area contributed by atoms with E-state index in [2.05, 4.69) is 21.2 Å². The zero-order valence-corrected chi connectivity index (χ0v) is 24.5. The highest BCUT2D eigenvalue weighted by molar-refractivity contribution is 9.10. The van der Waals surface area contributed by atoms with Crippen LogP contribution in [0.25, 0.3) is 0 Å². The van der Waals surface area contributed by atoms with E-state index in [0.717, 1.165) is 27.3 Å². The van der Waals surface area contributed by atoms with E-state index in [1.807, 2.05) is 75.4 Å². The van der Waals surface area contributed by atoms with Gasteiger partial charge in [-0.3, -0.25) is 13.9 Å². The lowest BCUT2D eigenvalue weighted by Gasteiger charge is -2.34. The summed E-state index contributed by atoms with van der Waals surface area (Å²) < 4.78 is 27.4. The van der Waals surface area contributed by atoms with Crippen LogP contribution in [-0.4, -0.2) is 50.0 Å². The predicted molar refractivity (Wildman–Crippen MR) is 155 cm³/mol. The number of benzene rings is 3. The van der Waals surface area contributed by atoms with Crippen LogP contribution in [0.4, 0.5) is 5.69 Å². The monoisotopic (exact) mass is 599 g/mol. The van der Waals surface area contributed by atoms with Crippen molar-refractivity contribution in [3.05, 3.63) is 100 Å². The molecular formula is C29H34BrN3O4S. The second kappa shape index (κ2) is 13.1. The number of nitrogens with one attached hydrogen (secondary N) is 1.